The molecule has 20 heavy (non-hydrogen) atoms. The van der Waals surface area contributed by atoms with Crippen molar-refractivity contribution in [2.75, 3.05) is 39.3 Å². The zero-order valence-electron chi connectivity index (χ0n) is 11.9. The number of carbonyl (C=O) groups is 2. The molecule has 0 aromatic rings. The van der Waals surface area contributed by atoms with Crippen molar-refractivity contribution in [1.82, 2.24) is 9.80 Å². The third kappa shape index (κ3) is 4.76. The second-order valence-electron chi connectivity index (χ2n) is 5.56. The number of piperazine rings is 1. The number of carbonyl (C=O) groups excluding carboxylic acids is 1. The van der Waals surface area contributed by atoms with Gasteiger partial charge in [0.05, 0.1) is 6.10 Å². The van der Waals surface area contributed by atoms with Gasteiger partial charge in [0.1, 0.15) is 0 Å². The number of hydrogen-bond donors (Lipinski definition) is 1. The number of rotatable bonds is 6. The Morgan fingerprint density at radius 1 is 1.15 bits per heavy atom. The van der Waals surface area contributed by atoms with E-state index in [4.69, 9.17) is 9.84 Å². The van der Waals surface area contributed by atoms with Gasteiger partial charge in [0, 0.05) is 52.2 Å². The van der Waals surface area contributed by atoms with Crippen molar-refractivity contribution in [2.45, 2.75) is 38.2 Å². The second-order valence-corrected chi connectivity index (χ2v) is 5.56. The maximum absolute atomic E-state index is 11.9. The Labute approximate surface area is 119 Å². The van der Waals surface area contributed by atoms with Gasteiger partial charge in [-0.05, 0) is 19.3 Å². The predicted molar refractivity (Wildman–Crippen MR) is 73.5 cm³/mol. The lowest BCUT2D eigenvalue weighted by Gasteiger charge is -2.35. The highest BCUT2D eigenvalue weighted by atomic mass is 16.5. The minimum Gasteiger partial charge on any atom is -0.481 e. The molecule has 2 fully saturated rings. The van der Waals surface area contributed by atoms with Crippen LogP contribution in [0.3, 0.4) is 0 Å². The molecule has 0 bridgehead atoms. The van der Waals surface area contributed by atoms with Crippen molar-refractivity contribution in [3.05, 3.63) is 0 Å². The molecule has 0 spiro atoms. The molecular weight excluding hydrogens is 260 g/mol. The molecule has 6 nitrogen and oxygen atoms in total. The Kier molecular flexibility index (Phi) is 5.79. The Balaban J connectivity index is 1.62. The average Bonchev–Trinajstić information content (AvgIpc) is 2.92. The van der Waals surface area contributed by atoms with Crippen LogP contribution in [0.15, 0.2) is 0 Å². The minimum absolute atomic E-state index is 0.0741. The third-order valence-corrected chi connectivity index (χ3v) is 3.99. The molecule has 0 saturated carbocycles. The maximum Gasteiger partial charge on any atom is 0.303 e. The predicted octanol–water partition coefficient (Wildman–Crippen LogP) is 0.565. The summed E-state index contributed by atoms with van der Waals surface area (Å²) in [5.74, 6) is -0.748. The fourth-order valence-corrected chi connectivity index (χ4v) is 2.81. The maximum atomic E-state index is 11.9. The van der Waals surface area contributed by atoms with Gasteiger partial charge in [0.25, 0.3) is 0 Å². The molecule has 1 amide bonds. The normalized spacial score (nSPS) is 24.0. The summed E-state index contributed by atoms with van der Waals surface area (Å²) in [7, 11) is 0. The summed E-state index contributed by atoms with van der Waals surface area (Å²) in [4.78, 5) is 26.6. The molecule has 2 saturated heterocycles. The van der Waals surface area contributed by atoms with Crippen LogP contribution in [0.5, 0.6) is 0 Å². The summed E-state index contributed by atoms with van der Waals surface area (Å²) < 4.78 is 5.63. The molecular formula is C14H24N2O4. The highest BCUT2D eigenvalue weighted by Gasteiger charge is 2.24. The van der Waals surface area contributed by atoms with Crippen LogP contribution in [-0.4, -0.2) is 72.2 Å². The minimum atomic E-state index is -0.834. The number of hydrogen-bond acceptors (Lipinski definition) is 4. The fraction of sp³-hybridized carbons (Fsp3) is 0.857. The molecule has 1 N–H and O–H groups in total. The third-order valence-electron chi connectivity index (χ3n) is 3.99. The van der Waals surface area contributed by atoms with Crippen molar-refractivity contribution >= 4 is 11.9 Å². The van der Waals surface area contributed by atoms with E-state index in [2.05, 4.69) is 4.90 Å². The van der Waals surface area contributed by atoms with Gasteiger partial charge in [0.2, 0.25) is 5.91 Å². The zero-order chi connectivity index (χ0) is 14.4. The lowest BCUT2D eigenvalue weighted by molar-refractivity contribution is -0.137. The first-order chi connectivity index (χ1) is 9.65. The molecule has 0 radical (unpaired) electrons. The van der Waals surface area contributed by atoms with Crippen molar-refractivity contribution in [3.8, 4) is 0 Å². The van der Waals surface area contributed by atoms with E-state index >= 15 is 0 Å². The van der Waals surface area contributed by atoms with E-state index in [1.807, 2.05) is 4.90 Å². The van der Waals surface area contributed by atoms with Gasteiger partial charge in [-0.2, -0.15) is 0 Å². The molecule has 1 unspecified atom stereocenters. The largest absolute Gasteiger partial charge is 0.481 e. The van der Waals surface area contributed by atoms with Crippen molar-refractivity contribution in [3.63, 3.8) is 0 Å². The summed E-state index contributed by atoms with van der Waals surface area (Å²) in [6.07, 6.45) is 3.53. The Morgan fingerprint density at radius 2 is 1.90 bits per heavy atom. The first kappa shape index (κ1) is 15.3. The first-order valence-electron chi connectivity index (χ1n) is 7.48. The van der Waals surface area contributed by atoms with Crippen molar-refractivity contribution in [2.24, 2.45) is 0 Å². The number of amides is 1. The van der Waals surface area contributed by atoms with Gasteiger partial charge in [-0.3, -0.25) is 14.5 Å². The van der Waals surface area contributed by atoms with Crippen LogP contribution in [0.2, 0.25) is 0 Å². The van der Waals surface area contributed by atoms with Gasteiger partial charge in [0.15, 0.2) is 0 Å². The molecule has 2 aliphatic heterocycles. The summed E-state index contributed by atoms with van der Waals surface area (Å²) >= 11 is 0. The molecule has 0 aromatic carbocycles. The van der Waals surface area contributed by atoms with Crippen LogP contribution >= 0.6 is 0 Å². The molecule has 114 valence electrons. The van der Waals surface area contributed by atoms with E-state index < -0.39 is 5.97 Å². The number of carboxylic acid groups (broad SMARTS) is 1. The van der Waals surface area contributed by atoms with E-state index in [1.165, 1.54) is 0 Å². The number of aliphatic carboxylic acids is 1. The monoisotopic (exact) mass is 284 g/mol. The van der Waals surface area contributed by atoms with Crippen LogP contribution in [0.25, 0.3) is 0 Å². The smallest absolute Gasteiger partial charge is 0.303 e. The van der Waals surface area contributed by atoms with Gasteiger partial charge in [-0.25, -0.2) is 0 Å². The summed E-state index contributed by atoms with van der Waals surface area (Å²) in [5, 5.41) is 8.56. The highest BCUT2D eigenvalue weighted by molar-refractivity contribution is 5.77. The van der Waals surface area contributed by atoms with Gasteiger partial charge in [-0.1, -0.05) is 0 Å². The number of ether oxygens (including phenoxy) is 1. The molecule has 0 aromatic heterocycles. The van der Waals surface area contributed by atoms with E-state index in [0.29, 0.717) is 18.9 Å². The van der Waals surface area contributed by atoms with Crippen LogP contribution in [0.1, 0.15) is 32.1 Å². The number of carboxylic acids is 1. The van der Waals surface area contributed by atoms with Crippen molar-refractivity contribution in [1.29, 1.82) is 0 Å². The number of nitrogens with zero attached hydrogens (tertiary/aromatic N) is 2. The SMILES string of the molecule is O=C(O)CCCC(=O)N1CCN(CC2CCCO2)CC1. The van der Waals surface area contributed by atoms with Crippen LogP contribution in [-0.2, 0) is 14.3 Å². The van der Waals surface area contributed by atoms with Gasteiger partial charge >= 0.3 is 5.97 Å². The standard InChI is InChI=1S/C14H24N2O4/c17-13(4-1-5-14(18)19)16-8-6-15(7-9-16)11-12-3-2-10-20-12/h12H,1-11H2,(H,18,19). The Morgan fingerprint density at radius 3 is 2.50 bits per heavy atom. The molecule has 2 rings (SSSR count). The van der Waals surface area contributed by atoms with Crippen LogP contribution in [0.4, 0.5) is 0 Å². The summed E-state index contributed by atoms with van der Waals surface area (Å²) in [6, 6.07) is 0. The summed E-state index contributed by atoms with van der Waals surface area (Å²) in [6.45, 7) is 5.14. The first-order valence-corrected chi connectivity index (χ1v) is 7.48. The molecule has 1 atom stereocenters. The highest BCUT2D eigenvalue weighted by Crippen LogP contribution is 2.15. The molecule has 2 aliphatic rings. The van der Waals surface area contributed by atoms with Gasteiger partial charge in [-0.15, -0.1) is 0 Å². The Bertz CT molecular complexity index is 334. The summed E-state index contributed by atoms with van der Waals surface area (Å²) in [5.41, 5.74) is 0. The quantitative estimate of drug-likeness (QED) is 0.772. The zero-order valence-corrected chi connectivity index (χ0v) is 11.9. The van der Waals surface area contributed by atoms with Crippen molar-refractivity contribution < 1.29 is 19.4 Å². The van der Waals surface area contributed by atoms with Crippen LogP contribution in [0, 0.1) is 0 Å². The average molecular weight is 284 g/mol. The van der Waals surface area contributed by atoms with E-state index in [-0.39, 0.29) is 12.3 Å². The van der Waals surface area contributed by atoms with E-state index in [0.717, 1.165) is 52.2 Å². The second kappa shape index (κ2) is 7.59. The molecule has 6 heteroatoms. The Hall–Kier alpha value is -1.14. The lowest BCUT2D eigenvalue weighted by atomic mass is 10.2. The molecule has 2 heterocycles. The van der Waals surface area contributed by atoms with E-state index in [1.54, 1.807) is 0 Å². The van der Waals surface area contributed by atoms with Crippen LogP contribution < -0.4 is 0 Å². The lowest BCUT2D eigenvalue weighted by Crippen LogP contribution is -2.50. The topological polar surface area (TPSA) is 70.1 Å². The molecule has 0 aliphatic carbocycles. The fourth-order valence-electron chi connectivity index (χ4n) is 2.81. The van der Waals surface area contributed by atoms with E-state index in [9.17, 15) is 9.59 Å². The van der Waals surface area contributed by atoms with Gasteiger partial charge < -0.3 is 14.7 Å².